The van der Waals surface area contributed by atoms with E-state index in [0.717, 1.165) is 23.2 Å². The number of hydrogen-bond acceptors (Lipinski definition) is 4. The van der Waals surface area contributed by atoms with Crippen LogP contribution in [0.1, 0.15) is 23.7 Å². The third kappa shape index (κ3) is 3.80. The maximum Gasteiger partial charge on any atom is 0.270 e. The minimum Gasteiger partial charge on any atom is -0.308 e. The second-order valence-corrected chi connectivity index (χ2v) is 5.17. The minimum atomic E-state index is -0.452. The molecule has 7 heteroatoms. The highest BCUT2D eigenvalue weighted by molar-refractivity contribution is 6.31. The van der Waals surface area contributed by atoms with Gasteiger partial charge in [0, 0.05) is 44.0 Å². The van der Waals surface area contributed by atoms with E-state index in [1.807, 2.05) is 13.2 Å². The molecule has 0 amide bonds. The molecule has 0 fully saturated rings. The number of non-ortho nitro benzene ring substituents is 1. The molecule has 2 rings (SSSR count). The molecule has 1 heterocycles. The van der Waals surface area contributed by atoms with Crippen LogP contribution in [0.2, 0.25) is 5.02 Å². The Bertz CT molecular complexity index is 654. The van der Waals surface area contributed by atoms with E-state index in [1.54, 1.807) is 10.7 Å². The number of aromatic nitrogens is 2. The van der Waals surface area contributed by atoms with Crippen molar-refractivity contribution < 1.29 is 4.92 Å². The molecule has 21 heavy (non-hydrogen) atoms. The van der Waals surface area contributed by atoms with Gasteiger partial charge in [-0.1, -0.05) is 18.5 Å². The van der Waals surface area contributed by atoms with E-state index in [9.17, 15) is 10.1 Å². The third-order valence-corrected chi connectivity index (χ3v) is 3.56. The molecule has 0 radical (unpaired) electrons. The smallest absolute Gasteiger partial charge is 0.270 e. The summed E-state index contributed by atoms with van der Waals surface area (Å²) in [7, 11) is 1.90. The number of hydrogen-bond donors (Lipinski definition) is 1. The third-order valence-electron chi connectivity index (χ3n) is 3.21. The van der Waals surface area contributed by atoms with Crippen LogP contribution >= 0.6 is 11.6 Å². The van der Waals surface area contributed by atoms with Crippen LogP contribution < -0.4 is 5.32 Å². The summed E-state index contributed by atoms with van der Waals surface area (Å²) >= 11 is 6.06. The van der Waals surface area contributed by atoms with Gasteiger partial charge < -0.3 is 5.32 Å². The summed E-state index contributed by atoms with van der Waals surface area (Å²) in [5.74, 6) is 0. The molecule has 112 valence electrons. The molecule has 0 unspecified atom stereocenters. The first kappa shape index (κ1) is 15.5. The van der Waals surface area contributed by atoms with Crippen LogP contribution in [0.5, 0.6) is 0 Å². The molecule has 0 aliphatic heterocycles. The summed E-state index contributed by atoms with van der Waals surface area (Å²) < 4.78 is 1.80. The first-order chi connectivity index (χ1) is 10.0. The van der Waals surface area contributed by atoms with Gasteiger partial charge in [-0.2, -0.15) is 5.10 Å². The highest BCUT2D eigenvalue weighted by atomic mass is 35.5. The minimum absolute atomic E-state index is 0.00396. The Labute approximate surface area is 127 Å². The fourth-order valence-corrected chi connectivity index (χ4v) is 2.40. The van der Waals surface area contributed by atoms with Crippen molar-refractivity contribution in [3.63, 3.8) is 0 Å². The SMILES string of the molecule is CCc1nn(C)cc1CNCc1ccc([N+](=O)[O-])cc1Cl. The first-order valence-electron chi connectivity index (χ1n) is 6.66. The van der Waals surface area contributed by atoms with Gasteiger partial charge in [-0.15, -0.1) is 0 Å². The van der Waals surface area contributed by atoms with E-state index in [-0.39, 0.29) is 5.69 Å². The van der Waals surface area contributed by atoms with Gasteiger partial charge in [0.05, 0.1) is 15.6 Å². The number of nitrogens with zero attached hydrogens (tertiary/aromatic N) is 3. The maximum atomic E-state index is 10.7. The standard InChI is InChI=1S/C14H17ClN4O2/c1-3-14-11(9-18(2)17-14)8-16-7-10-4-5-12(19(20)21)6-13(10)15/h4-6,9,16H,3,7-8H2,1-2H3. The molecule has 0 saturated heterocycles. The van der Waals surface area contributed by atoms with Crippen molar-refractivity contribution >= 4 is 17.3 Å². The summed E-state index contributed by atoms with van der Waals surface area (Å²) in [6.45, 7) is 3.30. The van der Waals surface area contributed by atoms with E-state index in [1.165, 1.54) is 12.1 Å². The van der Waals surface area contributed by atoms with Gasteiger partial charge >= 0.3 is 0 Å². The molecule has 6 nitrogen and oxygen atoms in total. The Morgan fingerprint density at radius 2 is 2.10 bits per heavy atom. The zero-order chi connectivity index (χ0) is 15.4. The zero-order valence-electron chi connectivity index (χ0n) is 12.0. The Balaban J connectivity index is 1.98. The quantitative estimate of drug-likeness (QED) is 0.658. The van der Waals surface area contributed by atoms with Gasteiger partial charge in [0.1, 0.15) is 0 Å². The number of nitro benzene ring substituents is 1. The molecular weight excluding hydrogens is 292 g/mol. The van der Waals surface area contributed by atoms with E-state index in [2.05, 4.69) is 17.3 Å². The number of nitro groups is 1. The highest BCUT2D eigenvalue weighted by Crippen LogP contribution is 2.22. The van der Waals surface area contributed by atoms with Gasteiger partial charge in [-0.3, -0.25) is 14.8 Å². The van der Waals surface area contributed by atoms with E-state index >= 15 is 0 Å². The molecule has 1 aromatic carbocycles. The maximum absolute atomic E-state index is 10.7. The molecule has 0 spiro atoms. The molecule has 0 atom stereocenters. The first-order valence-corrected chi connectivity index (χ1v) is 7.04. The van der Waals surface area contributed by atoms with E-state index in [0.29, 0.717) is 18.1 Å². The molecule has 0 aliphatic carbocycles. The average Bonchev–Trinajstić information content (AvgIpc) is 2.80. The Kier molecular flexibility index (Phi) is 4.93. The van der Waals surface area contributed by atoms with Crippen molar-refractivity contribution in [2.75, 3.05) is 0 Å². The zero-order valence-corrected chi connectivity index (χ0v) is 12.7. The second kappa shape index (κ2) is 6.69. The summed E-state index contributed by atoms with van der Waals surface area (Å²) in [6.07, 6.45) is 2.87. The summed E-state index contributed by atoms with van der Waals surface area (Å²) in [5, 5.41) is 18.7. The number of halogens is 1. The van der Waals surface area contributed by atoms with Crippen LogP contribution in [0.4, 0.5) is 5.69 Å². The lowest BCUT2D eigenvalue weighted by Crippen LogP contribution is -2.13. The highest BCUT2D eigenvalue weighted by Gasteiger charge is 2.10. The Hall–Kier alpha value is -1.92. The van der Waals surface area contributed by atoms with Crippen LogP contribution in [0.3, 0.4) is 0 Å². The lowest BCUT2D eigenvalue weighted by molar-refractivity contribution is -0.384. The molecule has 1 N–H and O–H groups in total. The van der Waals surface area contributed by atoms with Crippen molar-refractivity contribution in [2.24, 2.45) is 7.05 Å². The van der Waals surface area contributed by atoms with Crippen molar-refractivity contribution in [2.45, 2.75) is 26.4 Å². The van der Waals surface area contributed by atoms with Gasteiger partial charge in [0.15, 0.2) is 0 Å². The Morgan fingerprint density at radius 1 is 1.38 bits per heavy atom. The topological polar surface area (TPSA) is 73.0 Å². The van der Waals surface area contributed by atoms with Gasteiger partial charge in [-0.25, -0.2) is 0 Å². The van der Waals surface area contributed by atoms with Crippen molar-refractivity contribution in [3.8, 4) is 0 Å². The summed E-state index contributed by atoms with van der Waals surface area (Å²) in [4.78, 5) is 10.2. The Morgan fingerprint density at radius 3 is 2.71 bits per heavy atom. The molecule has 0 bridgehead atoms. The molecular formula is C14H17ClN4O2. The number of nitrogens with one attached hydrogen (secondary N) is 1. The summed E-state index contributed by atoms with van der Waals surface area (Å²) in [5.41, 5.74) is 3.06. The normalized spacial score (nSPS) is 10.8. The second-order valence-electron chi connectivity index (χ2n) is 4.76. The number of benzene rings is 1. The lowest BCUT2D eigenvalue weighted by Gasteiger charge is -2.06. The summed E-state index contributed by atoms with van der Waals surface area (Å²) in [6, 6.07) is 4.52. The molecule has 2 aromatic rings. The van der Waals surface area contributed by atoms with Crippen molar-refractivity contribution in [3.05, 3.63) is 56.4 Å². The lowest BCUT2D eigenvalue weighted by atomic mass is 10.2. The van der Waals surface area contributed by atoms with Crippen LogP contribution in [-0.2, 0) is 26.6 Å². The predicted octanol–water partition coefficient (Wildman–Crippen LogP) is 2.83. The van der Waals surface area contributed by atoms with Crippen LogP contribution in [0, 0.1) is 10.1 Å². The van der Waals surface area contributed by atoms with Crippen molar-refractivity contribution in [1.29, 1.82) is 0 Å². The van der Waals surface area contributed by atoms with Crippen LogP contribution in [0.15, 0.2) is 24.4 Å². The van der Waals surface area contributed by atoms with E-state index in [4.69, 9.17) is 11.6 Å². The monoisotopic (exact) mass is 308 g/mol. The van der Waals surface area contributed by atoms with Gasteiger partial charge in [-0.05, 0) is 18.1 Å². The fourth-order valence-electron chi connectivity index (χ4n) is 2.15. The largest absolute Gasteiger partial charge is 0.308 e. The van der Waals surface area contributed by atoms with Gasteiger partial charge in [0.2, 0.25) is 0 Å². The van der Waals surface area contributed by atoms with Crippen molar-refractivity contribution in [1.82, 2.24) is 15.1 Å². The molecule has 0 saturated carbocycles. The van der Waals surface area contributed by atoms with E-state index < -0.39 is 4.92 Å². The number of aryl methyl sites for hydroxylation is 2. The molecule has 1 aromatic heterocycles. The number of rotatable bonds is 6. The predicted molar refractivity (Wildman–Crippen MR) is 81.2 cm³/mol. The average molecular weight is 309 g/mol. The van der Waals surface area contributed by atoms with Crippen LogP contribution in [0.25, 0.3) is 0 Å². The fraction of sp³-hybridized carbons (Fsp3) is 0.357. The van der Waals surface area contributed by atoms with Gasteiger partial charge in [0.25, 0.3) is 5.69 Å². The van der Waals surface area contributed by atoms with Crippen LogP contribution in [-0.4, -0.2) is 14.7 Å². The molecule has 0 aliphatic rings.